The average Bonchev–Trinajstić information content (AvgIpc) is 2.51. The Morgan fingerprint density at radius 2 is 1.76 bits per heavy atom. The molecule has 0 saturated heterocycles. The summed E-state index contributed by atoms with van der Waals surface area (Å²) in [5.41, 5.74) is 0.988. The smallest absolute Gasteiger partial charge is 0.244 e. The molecule has 0 heterocycles. The molecule has 3 nitrogen and oxygen atoms in total. The van der Waals surface area contributed by atoms with E-state index in [-0.39, 0.29) is 11.9 Å². The fraction of sp³-hybridized carbons (Fsp3) is 0.353. The highest BCUT2D eigenvalue weighted by atomic mass is 79.9. The van der Waals surface area contributed by atoms with Crippen molar-refractivity contribution in [3.63, 3.8) is 0 Å². The zero-order valence-electron chi connectivity index (χ0n) is 12.7. The molecule has 0 saturated carbocycles. The molecule has 2 aromatic rings. The van der Waals surface area contributed by atoms with Crippen molar-refractivity contribution >= 4 is 38.3 Å². The van der Waals surface area contributed by atoms with Crippen LogP contribution in [0.15, 0.2) is 40.9 Å². The molecule has 21 heavy (non-hydrogen) atoms. The van der Waals surface area contributed by atoms with Crippen LogP contribution in [0, 0.1) is 0 Å². The molecule has 1 atom stereocenters. The van der Waals surface area contributed by atoms with Gasteiger partial charge in [-0.05, 0) is 38.3 Å². The average molecular weight is 349 g/mol. The second-order valence-corrected chi connectivity index (χ2v) is 5.87. The van der Waals surface area contributed by atoms with Crippen molar-refractivity contribution in [3.8, 4) is 0 Å². The summed E-state index contributed by atoms with van der Waals surface area (Å²) < 4.78 is 1.06. The molecular formula is C17H21BrN2O. The van der Waals surface area contributed by atoms with E-state index in [1.807, 2.05) is 49.9 Å². The normalized spacial score (nSPS) is 12.2. The first-order valence-corrected chi connectivity index (χ1v) is 8.10. The van der Waals surface area contributed by atoms with Gasteiger partial charge in [0.25, 0.3) is 0 Å². The fourth-order valence-electron chi connectivity index (χ4n) is 2.49. The summed E-state index contributed by atoms with van der Waals surface area (Å²) in [7, 11) is 0. The number of carbonyl (C=O) groups excluding carboxylic acids is 1. The van der Waals surface area contributed by atoms with Crippen LogP contribution in [-0.4, -0.2) is 29.9 Å². The van der Waals surface area contributed by atoms with Crippen molar-refractivity contribution in [2.24, 2.45) is 0 Å². The molecule has 0 bridgehead atoms. The van der Waals surface area contributed by atoms with Gasteiger partial charge in [0.1, 0.15) is 6.04 Å². The van der Waals surface area contributed by atoms with Crippen molar-refractivity contribution in [3.05, 3.63) is 40.9 Å². The standard InChI is InChI=1S/C17H21BrN2O/c1-4-20(5-2)17(21)12(3)19-16-11-10-15(18)13-8-6-7-9-14(13)16/h6-12,19H,4-5H2,1-3H3. The lowest BCUT2D eigenvalue weighted by molar-refractivity contribution is -0.131. The maximum Gasteiger partial charge on any atom is 0.244 e. The highest BCUT2D eigenvalue weighted by Gasteiger charge is 2.18. The van der Waals surface area contributed by atoms with Gasteiger partial charge in [0, 0.05) is 28.6 Å². The van der Waals surface area contributed by atoms with Crippen LogP contribution in [0.1, 0.15) is 20.8 Å². The van der Waals surface area contributed by atoms with Crippen molar-refractivity contribution in [2.45, 2.75) is 26.8 Å². The van der Waals surface area contributed by atoms with Gasteiger partial charge in [-0.3, -0.25) is 4.79 Å². The zero-order chi connectivity index (χ0) is 15.4. The Labute approximate surface area is 134 Å². The minimum Gasteiger partial charge on any atom is -0.373 e. The molecule has 0 aromatic heterocycles. The summed E-state index contributed by atoms with van der Waals surface area (Å²) in [6.45, 7) is 7.40. The highest BCUT2D eigenvalue weighted by molar-refractivity contribution is 9.10. The van der Waals surface area contributed by atoms with Gasteiger partial charge in [-0.1, -0.05) is 40.2 Å². The van der Waals surface area contributed by atoms with Gasteiger partial charge < -0.3 is 10.2 Å². The number of anilines is 1. The van der Waals surface area contributed by atoms with E-state index in [0.717, 1.165) is 34.0 Å². The number of nitrogens with one attached hydrogen (secondary N) is 1. The zero-order valence-corrected chi connectivity index (χ0v) is 14.3. The number of nitrogens with zero attached hydrogens (tertiary/aromatic N) is 1. The number of hydrogen-bond donors (Lipinski definition) is 1. The van der Waals surface area contributed by atoms with Crippen molar-refractivity contribution in [1.82, 2.24) is 4.90 Å². The van der Waals surface area contributed by atoms with Gasteiger partial charge in [-0.15, -0.1) is 0 Å². The number of rotatable bonds is 5. The van der Waals surface area contributed by atoms with Crippen LogP contribution < -0.4 is 5.32 Å². The second-order valence-electron chi connectivity index (χ2n) is 5.02. The number of benzene rings is 2. The molecule has 0 aliphatic carbocycles. The number of carbonyl (C=O) groups is 1. The quantitative estimate of drug-likeness (QED) is 0.874. The highest BCUT2D eigenvalue weighted by Crippen LogP contribution is 2.30. The van der Waals surface area contributed by atoms with Crippen LogP contribution in [-0.2, 0) is 4.79 Å². The Balaban J connectivity index is 2.28. The van der Waals surface area contributed by atoms with Crippen LogP contribution in [0.5, 0.6) is 0 Å². The van der Waals surface area contributed by atoms with E-state index < -0.39 is 0 Å². The Morgan fingerprint density at radius 3 is 2.38 bits per heavy atom. The first-order chi connectivity index (χ1) is 10.1. The fourth-order valence-corrected chi connectivity index (χ4v) is 2.97. The van der Waals surface area contributed by atoms with Crippen LogP contribution in [0.4, 0.5) is 5.69 Å². The third-order valence-corrected chi connectivity index (χ3v) is 4.38. The predicted molar refractivity (Wildman–Crippen MR) is 92.7 cm³/mol. The molecule has 1 N–H and O–H groups in total. The largest absolute Gasteiger partial charge is 0.373 e. The first kappa shape index (κ1) is 15.8. The van der Waals surface area contributed by atoms with Gasteiger partial charge in [0.2, 0.25) is 5.91 Å². The number of fused-ring (bicyclic) bond motifs is 1. The van der Waals surface area contributed by atoms with Crippen LogP contribution in [0.25, 0.3) is 10.8 Å². The van der Waals surface area contributed by atoms with E-state index in [0.29, 0.717) is 0 Å². The Morgan fingerprint density at radius 1 is 1.14 bits per heavy atom. The van der Waals surface area contributed by atoms with Crippen LogP contribution in [0.2, 0.25) is 0 Å². The molecule has 1 unspecified atom stereocenters. The minimum atomic E-state index is -0.241. The third kappa shape index (κ3) is 3.38. The van der Waals surface area contributed by atoms with Crippen molar-refractivity contribution in [1.29, 1.82) is 0 Å². The summed E-state index contributed by atoms with van der Waals surface area (Å²) >= 11 is 3.57. The third-order valence-electron chi connectivity index (χ3n) is 3.69. The van der Waals surface area contributed by atoms with E-state index in [1.54, 1.807) is 0 Å². The number of amides is 1. The molecule has 0 radical (unpaired) electrons. The van der Waals surface area contributed by atoms with Gasteiger partial charge in [0.05, 0.1) is 0 Å². The molecule has 1 amide bonds. The molecule has 4 heteroatoms. The molecule has 0 aliphatic rings. The lowest BCUT2D eigenvalue weighted by Crippen LogP contribution is -2.41. The molecule has 2 rings (SSSR count). The van der Waals surface area contributed by atoms with E-state index in [9.17, 15) is 4.79 Å². The second kappa shape index (κ2) is 6.94. The van der Waals surface area contributed by atoms with Gasteiger partial charge in [-0.25, -0.2) is 0 Å². The topological polar surface area (TPSA) is 32.3 Å². The summed E-state index contributed by atoms with van der Waals surface area (Å²) in [5, 5.41) is 5.61. The number of halogens is 1. The predicted octanol–water partition coefficient (Wildman–Crippen LogP) is 4.27. The van der Waals surface area contributed by atoms with E-state index in [4.69, 9.17) is 0 Å². The maximum atomic E-state index is 12.4. The Hall–Kier alpha value is -1.55. The first-order valence-electron chi connectivity index (χ1n) is 7.31. The molecule has 112 valence electrons. The lowest BCUT2D eigenvalue weighted by atomic mass is 10.1. The molecule has 0 spiro atoms. The summed E-state index contributed by atoms with van der Waals surface area (Å²) in [6, 6.07) is 11.9. The maximum absolute atomic E-state index is 12.4. The summed E-state index contributed by atoms with van der Waals surface area (Å²) in [6.07, 6.45) is 0. The summed E-state index contributed by atoms with van der Waals surface area (Å²) in [4.78, 5) is 14.2. The van der Waals surface area contributed by atoms with E-state index in [2.05, 4.69) is 33.4 Å². The molecule has 2 aromatic carbocycles. The van der Waals surface area contributed by atoms with Crippen LogP contribution >= 0.6 is 15.9 Å². The van der Waals surface area contributed by atoms with Gasteiger partial charge >= 0.3 is 0 Å². The lowest BCUT2D eigenvalue weighted by Gasteiger charge is -2.24. The molecular weight excluding hydrogens is 328 g/mol. The molecule has 0 fully saturated rings. The van der Waals surface area contributed by atoms with Crippen molar-refractivity contribution < 1.29 is 4.79 Å². The van der Waals surface area contributed by atoms with Gasteiger partial charge in [0.15, 0.2) is 0 Å². The van der Waals surface area contributed by atoms with Crippen LogP contribution in [0.3, 0.4) is 0 Å². The Bertz CT molecular complexity index is 638. The minimum absolute atomic E-state index is 0.131. The number of hydrogen-bond acceptors (Lipinski definition) is 2. The number of likely N-dealkylation sites (N-methyl/N-ethyl adjacent to an activating group) is 1. The summed E-state index contributed by atoms with van der Waals surface area (Å²) in [5.74, 6) is 0.131. The SMILES string of the molecule is CCN(CC)C(=O)C(C)Nc1ccc(Br)c2ccccc12. The van der Waals surface area contributed by atoms with E-state index >= 15 is 0 Å². The Kier molecular flexibility index (Phi) is 5.23. The molecule has 0 aliphatic heterocycles. The van der Waals surface area contributed by atoms with E-state index in [1.165, 1.54) is 0 Å². The van der Waals surface area contributed by atoms with Crippen molar-refractivity contribution in [2.75, 3.05) is 18.4 Å². The van der Waals surface area contributed by atoms with Gasteiger partial charge in [-0.2, -0.15) is 0 Å². The monoisotopic (exact) mass is 348 g/mol.